The Morgan fingerprint density at radius 3 is 2.36 bits per heavy atom. The Balaban J connectivity index is 1.53. The standard InChI is InChI=1S/C21H30N6O/c1-16(2)10-11-22-21(28)19-8-9-20(25-24-19)23-17-4-6-18(7-5-17)27-14-12-26(3)13-15-27/h4-9,16H,10-15H2,1-3H3,(H,22,28)(H,23,25). The molecule has 28 heavy (non-hydrogen) atoms. The largest absolute Gasteiger partial charge is 0.369 e. The highest BCUT2D eigenvalue weighted by Gasteiger charge is 2.14. The van der Waals surface area contributed by atoms with E-state index in [-0.39, 0.29) is 5.91 Å². The smallest absolute Gasteiger partial charge is 0.271 e. The van der Waals surface area contributed by atoms with Gasteiger partial charge in [-0.1, -0.05) is 13.8 Å². The summed E-state index contributed by atoms with van der Waals surface area (Å²) >= 11 is 0. The number of hydrogen-bond acceptors (Lipinski definition) is 6. The van der Waals surface area contributed by atoms with Crippen molar-refractivity contribution in [2.75, 3.05) is 50.0 Å². The van der Waals surface area contributed by atoms with Gasteiger partial charge in [-0.15, -0.1) is 10.2 Å². The molecule has 1 aromatic carbocycles. The van der Waals surface area contributed by atoms with Crippen LogP contribution < -0.4 is 15.5 Å². The molecule has 1 aliphatic rings. The molecule has 0 atom stereocenters. The van der Waals surface area contributed by atoms with E-state index < -0.39 is 0 Å². The van der Waals surface area contributed by atoms with Gasteiger partial charge in [0.2, 0.25) is 0 Å². The van der Waals surface area contributed by atoms with Gasteiger partial charge in [0, 0.05) is 44.1 Å². The van der Waals surface area contributed by atoms with Crippen molar-refractivity contribution in [2.45, 2.75) is 20.3 Å². The predicted molar refractivity (Wildman–Crippen MR) is 113 cm³/mol. The van der Waals surface area contributed by atoms with Gasteiger partial charge in [-0.25, -0.2) is 0 Å². The summed E-state index contributed by atoms with van der Waals surface area (Å²) in [6.07, 6.45) is 0.947. The van der Waals surface area contributed by atoms with Crippen LogP contribution in [-0.4, -0.2) is 60.8 Å². The van der Waals surface area contributed by atoms with Crippen molar-refractivity contribution in [1.82, 2.24) is 20.4 Å². The molecule has 7 nitrogen and oxygen atoms in total. The maximum atomic E-state index is 12.1. The number of amides is 1. The van der Waals surface area contributed by atoms with Crippen molar-refractivity contribution >= 4 is 23.1 Å². The second-order valence-electron chi connectivity index (χ2n) is 7.70. The van der Waals surface area contributed by atoms with E-state index in [9.17, 15) is 4.79 Å². The third-order valence-corrected chi connectivity index (χ3v) is 4.91. The monoisotopic (exact) mass is 382 g/mol. The average molecular weight is 383 g/mol. The fourth-order valence-electron chi connectivity index (χ4n) is 3.05. The van der Waals surface area contributed by atoms with Crippen LogP contribution in [0.25, 0.3) is 0 Å². The van der Waals surface area contributed by atoms with Crippen LogP contribution in [0, 0.1) is 5.92 Å². The van der Waals surface area contributed by atoms with Crippen LogP contribution in [-0.2, 0) is 0 Å². The van der Waals surface area contributed by atoms with Gasteiger partial charge in [0.15, 0.2) is 11.5 Å². The minimum atomic E-state index is -0.184. The summed E-state index contributed by atoms with van der Waals surface area (Å²) in [6, 6.07) is 11.8. The maximum absolute atomic E-state index is 12.1. The molecule has 2 heterocycles. The average Bonchev–Trinajstić information content (AvgIpc) is 2.69. The third-order valence-electron chi connectivity index (χ3n) is 4.91. The predicted octanol–water partition coefficient (Wildman–Crippen LogP) is 2.75. The molecule has 150 valence electrons. The van der Waals surface area contributed by atoms with E-state index >= 15 is 0 Å². The fraction of sp³-hybridized carbons (Fsp3) is 0.476. The minimum absolute atomic E-state index is 0.184. The highest BCUT2D eigenvalue weighted by Crippen LogP contribution is 2.21. The zero-order valence-corrected chi connectivity index (χ0v) is 17.0. The zero-order valence-electron chi connectivity index (χ0n) is 17.0. The molecular weight excluding hydrogens is 352 g/mol. The maximum Gasteiger partial charge on any atom is 0.271 e. The second-order valence-corrected chi connectivity index (χ2v) is 7.70. The molecule has 1 fully saturated rings. The van der Waals surface area contributed by atoms with E-state index in [2.05, 4.69) is 63.7 Å². The topological polar surface area (TPSA) is 73.4 Å². The van der Waals surface area contributed by atoms with Crippen molar-refractivity contribution in [2.24, 2.45) is 5.92 Å². The number of nitrogens with zero attached hydrogens (tertiary/aromatic N) is 4. The lowest BCUT2D eigenvalue weighted by Gasteiger charge is -2.34. The SMILES string of the molecule is CC(C)CCNC(=O)c1ccc(Nc2ccc(N3CCN(C)CC3)cc2)nn1. The van der Waals surface area contributed by atoms with Gasteiger partial charge in [0.05, 0.1) is 0 Å². The fourth-order valence-corrected chi connectivity index (χ4v) is 3.05. The van der Waals surface area contributed by atoms with Gasteiger partial charge in [-0.2, -0.15) is 0 Å². The molecule has 0 aliphatic carbocycles. The molecule has 2 aromatic rings. The summed E-state index contributed by atoms with van der Waals surface area (Å²) in [6.45, 7) is 9.19. The highest BCUT2D eigenvalue weighted by atomic mass is 16.1. The normalized spacial score (nSPS) is 14.9. The Morgan fingerprint density at radius 1 is 1.04 bits per heavy atom. The first kappa shape index (κ1) is 20.1. The number of benzene rings is 1. The molecule has 1 amide bonds. The summed E-state index contributed by atoms with van der Waals surface area (Å²) in [5.74, 6) is 0.989. The Morgan fingerprint density at radius 2 is 1.75 bits per heavy atom. The molecule has 0 radical (unpaired) electrons. The summed E-state index contributed by atoms with van der Waals surface area (Å²) in [5.41, 5.74) is 2.51. The Labute approximate surface area is 167 Å². The van der Waals surface area contributed by atoms with Crippen molar-refractivity contribution in [1.29, 1.82) is 0 Å². The summed E-state index contributed by atoms with van der Waals surface area (Å²) in [5, 5.41) is 14.3. The van der Waals surface area contributed by atoms with Crippen LogP contribution in [0.3, 0.4) is 0 Å². The van der Waals surface area contributed by atoms with Gasteiger partial charge < -0.3 is 20.4 Å². The van der Waals surface area contributed by atoms with Gasteiger partial charge in [-0.05, 0) is 55.8 Å². The molecule has 0 bridgehead atoms. The van der Waals surface area contributed by atoms with Crippen LogP contribution in [0.1, 0.15) is 30.8 Å². The quantitative estimate of drug-likeness (QED) is 0.767. The first-order valence-corrected chi connectivity index (χ1v) is 9.94. The Bertz CT molecular complexity index is 751. The van der Waals surface area contributed by atoms with Crippen LogP contribution in [0.5, 0.6) is 0 Å². The number of carbonyl (C=O) groups excluding carboxylic acids is 1. The molecular formula is C21H30N6O. The summed E-state index contributed by atoms with van der Waals surface area (Å²) in [4.78, 5) is 16.8. The van der Waals surface area contributed by atoms with Crippen LogP contribution >= 0.6 is 0 Å². The highest BCUT2D eigenvalue weighted by molar-refractivity contribution is 5.92. The Kier molecular flexibility index (Phi) is 6.81. The molecule has 7 heteroatoms. The van der Waals surface area contributed by atoms with E-state index in [4.69, 9.17) is 0 Å². The molecule has 1 aliphatic heterocycles. The van der Waals surface area contributed by atoms with Gasteiger partial charge in [-0.3, -0.25) is 4.79 Å². The van der Waals surface area contributed by atoms with Gasteiger partial charge in [0.1, 0.15) is 0 Å². The van der Waals surface area contributed by atoms with Gasteiger partial charge in [0.25, 0.3) is 5.91 Å². The summed E-state index contributed by atoms with van der Waals surface area (Å²) < 4.78 is 0. The van der Waals surface area contributed by atoms with Crippen LogP contribution in [0.4, 0.5) is 17.2 Å². The third kappa shape index (κ3) is 5.66. The van der Waals surface area contributed by atoms with Crippen LogP contribution in [0.2, 0.25) is 0 Å². The lowest BCUT2D eigenvalue weighted by Crippen LogP contribution is -2.44. The minimum Gasteiger partial charge on any atom is -0.369 e. The molecule has 1 aromatic heterocycles. The number of aromatic nitrogens is 2. The molecule has 0 unspecified atom stereocenters. The number of carbonyl (C=O) groups is 1. The number of hydrogen-bond donors (Lipinski definition) is 2. The summed E-state index contributed by atoms with van der Waals surface area (Å²) in [7, 11) is 2.16. The van der Waals surface area contributed by atoms with Crippen molar-refractivity contribution in [3.05, 3.63) is 42.1 Å². The number of likely N-dealkylation sites (N-methyl/N-ethyl adjacent to an activating group) is 1. The lowest BCUT2D eigenvalue weighted by molar-refractivity contribution is 0.0946. The molecule has 3 rings (SSSR count). The number of nitrogens with one attached hydrogen (secondary N) is 2. The number of rotatable bonds is 7. The molecule has 0 saturated carbocycles. The molecule has 2 N–H and O–H groups in total. The molecule has 1 saturated heterocycles. The zero-order chi connectivity index (χ0) is 19.9. The van der Waals surface area contributed by atoms with Crippen molar-refractivity contribution in [3.8, 4) is 0 Å². The lowest BCUT2D eigenvalue weighted by atomic mass is 10.1. The van der Waals surface area contributed by atoms with E-state index in [0.29, 0.717) is 24.0 Å². The van der Waals surface area contributed by atoms with E-state index in [0.717, 1.165) is 38.3 Å². The number of piperazine rings is 1. The Hall–Kier alpha value is -2.67. The second kappa shape index (κ2) is 9.50. The first-order valence-electron chi connectivity index (χ1n) is 9.94. The van der Waals surface area contributed by atoms with Crippen LogP contribution in [0.15, 0.2) is 36.4 Å². The van der Waals surface area contributed by atoms with Crippen molar-refractivity contribution < 1.29 is 4.79 Å². The van der Waals surface area contributed by atoms with Crippen molar-refractivity contribution in [3.63, 3.8) is 0 Å². The molecule has 0 spiro atoms. The van der Waals surface area contributed by atoms with Gasteiger partial charge >= 0.3 is 0 Å². The van der Waals surface area contributed by atoms with E-state index in [1.165, 1.54) is 5.69 Å². The number of anilines is 3. The van der Waals surface area contributed by atoms with E-state index in [1.807, 2.05) is 12.1 Å². The van der Waals surface area contributed by atoms with E-state index in [1.54, 1.807) is 12.1 Å². The first-order chi connectivity index (χ1) is 13.5.